The number of ether oxygens (including phenoxy) is 2. The number of nitrogens with zero attached hydrogens (tertiary/aromatic N) is 2. The van der Waals surface area contributed by atoms with Crippen LogP contribution in [0.15, 0.2) is 47.6 Å². The molecule has 5 nitrogen and oxygen atoms in total. The molecule has 0 unspecified atom stereocenters. The fourth-order valence-corrected chi connectivity index (χ4v) is 3.10. The Kier molecular flexibility index (Phi) is 5.85. The van der Waals surface area contributed by atoms with Gasteiger partial charge in [-0.05, 0) is 49.2 Å². The van der Waals surface area contributed by atoms with E-state index in [4.69, 9.17) is 9.47 Å². The van der Waals surface area contributed by atoms with Crippen molar-refractivity contribution in [3.05, 3.63) is 48.0 Å². The standard InChI is InChI=1S/C19H21N3O2S/c1-3-11-24-16-10-9-14(12-17(16)23-4-2)13-20-22-19-21-15-7-5-6-8-18(15)25-19/h5-10,12-13H,3-4,11H2,1-2H3,(H,21,22)/b20-13-. The number of hydrogen-bond acceptors (Lipinski definition) is 6. The van der Waals surface area contributed by atoms with Crippen LogP contribution in [-0.2, 0) is 0 Å². The van der Waals surface area contributed by atoms with E-state index in [1.54, 1.807) is 17.6 Å². The number of anilines is 1. The molecule has 6 heteroatoms. The number of hydrogen-bond donors (Lipinski definition) is 1. The van der Waals surface area contributed by atoms with Gasteiger partial charge in [0, 0.05) is 0 Å². The largest absolute Gasteiger partial charge is 0.490 e. The van der Waals surface area contributed by atoms with E-state index in [1.165, 1.54) is 0 Å². The first-order valence-electron chi connectivity index (χ1n) is 8.34. The lowest BCUT2D eigenvalue weighted by Crippen LogP contribution is -2.00. The zero-order valence-corrected chi connectivity index (χ0v) is 15.2. The summed E-state index contributed by atoms with van der Waals surface area (Å²) < 4.78 is 12.5. The molecule has 0 amide bonds. The minimum atomic E-state index is 0.590. The van der Waals surface area contributed by atoms with Crippen molar-refractivity contribution in [2.24, 2.45) is 5.10 Å². The van der Waals surface area contributed by atoms with Gasteiger partial charge >= 0.3 is 0 Å². The topological polar surface area (TPSA) is 55.7 Å². The summed E-state index contributed by atoms with van der Waals surface area (Å²) in [6.45, 7) is 5.30. The third-order valence-electron chi connectivity index (χ3n) is 3.40. The minimum absolute atomic E-state index is 0.590. The predicted octanol–water partition coefficient (Wildman–Crippen LogP) is 4.93. The molecule has 0 radical (unpaired) electrons. The Morgan fingerprint density at radius 2 is 2.00 bits per heavy atom. The van der Waals surface area contributed by atoms with E-state index in [9.17, 15) is 0 Å². The molecule has 0 saturated heterocycles. The van der Waals surface area contributed by atoms with Crippen molar-refractivity contribution in [2.45, 2.75) is 20.3 Å². The number of aromatic nitrogens is 1. The Bertz CT molecular complexity index is 828. The fraction of sp³-hybridized carbons (Fsp3) is 0.263. The molecule has 3 rings (SSSR count). The highest BCUT2D eigenvalue weighted by Gasteiger charge is 2.06. The normalized spacial score (nSPS) is 11.1. The summed E-state index contributed by atoms with van der Waals surface area (Å²) in [5.41, 5.74) is 4.89. The Hall–Kier alpha value is -2.60. The monoisotopic (exact) mass is 355 g/mol. The fourth-order valence-electron chi connectivity index (χ4n) is 2.29. The van der Waals surface area contributed by atoms with Crippen molar-refractivity contribution in [3.8, 4) is 11.5 Å². The molecule has 0 aliphatic heterocycles. The summed E-state index contributed by atoms with van der Waals surface area (Å²) in [5, 5.41) is 5.05. The molecule has 0 aliphatic carbocycles. The SMILES string of the molecule is CCCOc1ccc(/C=N\Nc2nc3ccccc3s2)cc1OCC. The second kappa shape index (κ2) is 8.48. The summed E-state index contributed by atoms with van der Waals surface area (Å²) >= 11 is 1.57. The molecule has 0 saturated carbocycles. The first-order chi connectivity index (χ1) is 12.3. The number of benzene rings is 2. The van der Waals surface area contributed by atoms with Gasteiger partial charge < -0.3 is 9.47 Å². The summed E-state index contributed by atoms with van der Waals surface area (Å²) in [6.07, 6.45) is 2.71. The smallest absolute Gasteiger partial charge is 0.204 e. The van der Waals surface area contributed by atoms with E-state index in [0.29, 0.717) is 13.2 Å². The van der Waals surface area contributed by atoms with Crippen LogP contribution in [0, 0.1) is 0 Å². The van der Waals surface area contributed by atoms with Crippen LogP contribution >= 0.6 is 11.3 Å². The summed E-state index contributed by atoms with van der Waals surface area (Å²) in [7, 11) is 0. The number of thiazole rings is 1. The highest BCUT2D eigenvalue weighted by molar-refractivity contribution is 7.22. The van der Waals surface area contributed by atoms with Gasteiger partial charge in [0.05, 0.1) is 29.6 Å². The quantitative estimate of drug-likeness (QED) is 0.460. The molecule has 1 N–H and O–H groups in total. The van der Waals surface area contributed by atoms with E-state index >= 15 is 0 Å². The van der Waals surface area contributed by atoms with Gasteiger partial charge in [0.25, 0.3) is 0 Å². The maximum Gasteiger partial charge on any atom is 0.204 e. The second-order valence-electron chi connectivity index (χ2n) is 5.34. The Morgan fingerprint density at radius 1 is 1.12 bits per heavy atom. The summed E-state index contributed by atoms with van der Waals surface area (Å²) in [4.78, 5) is 4.49. The number of fused-ring (bicyclic) bond motifs is 1. The third-order valence-corrected chi connectivity index (χ3v) is 4.34. The van der Waals surface area contributed by atoms with Crippen LogP contribution in [0.25, 0.3) is 10.2 Å². The minimum Gasteiger partial charge on any atom is -0.490 e. The average molecular weight is 355 g/mol. The van der Waals surface area contributed by atoms with E-state index in [2.05, 4.69) is 22.4 Å². The van der Waals surface area contributed by atoms with Gasteiger partial charge in [0.2, 0.25) is 5.13 Å². The van der Waals surface area contributed by atoms with Gasteiger partial charge in [-0.2, -0.15) is 5.10 Å². The lowest BCUT2D eigenvalue weighted by molar-refractivity contribution is 0.277. The molecule has 2 aromatic carbocycles. The molecule has 1 heterocycles. The van der Waals surface area contributed by atoms with Crippen molar-refractivity contribution in [1.29, 1.82) is 0 Å². The number of para-hydroxylation sites is 1. The predicted molar refractivity (Wildman–Crippen MR) is 104 cm³/mol. The van der Waals surface area contributed by atoms with Gasteiger partial charge in [-0.25, -0.2) is 4.98 Å². The zero-order valence-electron chi connectivity index (χ0n) is 14.4. The molecular weight excluding hydrogens is 334 g/mol. The van der Waals surface area contributed by atoms with E-state index in [0.717, 1.165) is 38.8 Å². The van der Waals surface area contributed by atoms with Crippen LogP contribution < -0.4 is 14.9 Å². The van der Waals surface area contributed by atoms with E-state index < -0.39 is 0 Å². The van der Waals surface area contributed by atoms with E-state index in [-0.39, 0.29) is 0 Å². The molecule has 25 heavy (non-hydrogen) atoms. The van der Waals surface area contributed by atoms with Crippen LogP contribution in [0.1, 0.15) is 25.8 Å². The van der Waals surface area contributed by atoms with Crippen LogP contribution in [0.2, 0.25) is 0 Å². The molecule has 1 aromatic heterocycles. The Labute approximate surface area is 151 Å². The van der Waals surface area contributed by atoms with Crippen LogP contribution in [0.4, 0.5) is 5.13 Å². The Morgan fingerprint density at radius 3 is 2.80 bits per heavy atom. The van der Waals surface area contributed by atoms with Gasteiger partial charge in [0.1, 0.15) is 0 Å². The van der Waals surface area contributed by atoms with Crippen LogP contribution in [-0.4, -0.2) is 24.4 Å². The van der Waals surface area contributed by atoms with Gasteiger partial charge in [-0.3, -0.25) is 5.43 Å². The lowest BCUT2D eigenvalue weighted by atomic mass is 10.2. The molecule has 0 bridgehead atoms. The molecule has 3 aromatic rings. The van der Waals surface area contributed by atoms with Crippen molar-refractivity contribution in [3.63, 3.8) is 0 Å². The van der Waals surface area contributed by atoms with Crippen molar-refractivity contribution in [2.75, 3.05) is 18.6 Å². The molecular formula is C19H21N3O2S. The summed E-state index contributed by atoms with van der Waals surface area (Å²) in [5.74, 6) is 1.50. The van der Waals surface area contributed by atoms with Gasteiger partial charge in [-0.15, -0.1) is 0 Å². The molecule has 0 spiro atoms. The van der Waals surface area contributed by atoms with Crippen molar-refractivity contribution in [1.82, 2.24) is 4.98 Å². The average Bonchev–Trinajstić information content (AvgIpc) is 3.04. The van der Waals surface area contributed by atoms with Crippen LogP contribution in [0.5, 0.6) is 11.5 Å². The Balaban J connectivity index is 1.70. The van der Waals surface area contributed by atoms with E-state index in [1.807, 2.05) is 49.4 Å². The number of rotatable bonds is 8. The molecule has 0 fully saturated rings. The summed E-state index contributed by atoms with van der Waals surface area (Å²) in [6, 6.07) is 13.8. The lowest BCUT2D eigenvalue weighted by Gasteiger charge is -2.11. The van der Waals surface area contributed by atoms with Crippen LogP contribution in [0.3, 0.4) is 0 Å². The third kappa shape index (κ3) is 4.48. The zero-order chi connectivity index (χ0) is 17.5. The van der Waals surface area contributed by atoms with Gasteiger partial charge in [0.15, 0.2) is 11.5 Å². The highest BCUT2D eigenvalue weighted by atomic mass is 32.1. The second-order valence-corrected chi connectivity index (χ2v) is 6.38. The molecule has 0 aliphatic rings. The maximum atomic E-state index is 5.71. The molecule has 0 atom stereocenters. The van der Waals surface area contributed by atoms with Crippen molar-refractivity contribution >= 4 is 32.9 Å². The molecule has 130 valence electrons. The highest BCUT2D eigenvalue weighted by Crippen LogP contribution is 2.28. The number of hydrazone groups is 1. The maximum absolute atomic E-state index is 5.71. The van der Waals surface area contributed by atoms with Gasteiger partial charge in [-0.1, -0.05) is 30.4 Å². The number of nitrogens with one attached hydrogen (secondary N) is 1. The first-order valence-corrected chi connectivity index (χ1v) is 9.16. The first kappa shape index (κ1) is 17.2. The van der Waals surface area contributed by atoms with Crippen molar-refractivity contribution < 1.29 is 9.47 Å².